The highest BCUT2D eigenvalue weighted by molar-refractivity contribution is 7.29. The highest BCUT2D eigenvalue weighted by Crippen LogP contribution is 2.47. The van der Waals surface area contributed by atoms with Crippen LogP contribution in [0.4, 0.5) is 0 Å². The number of fused-ring (bicyclic) bond motifs is 1. The van der Waals surface area contributed by atoms with E-state index in [2.05, 4.69) is 106 Å². The minimum atomic E-state index is -0.247. The minimum absolute atomic E-state index is 0.247. The number of nitrogens with one attached hydrogen (secondary N) is 2. The van der Waals surface area contributed by atoms with Crippen molar-refractivity contribution in [1.82, 2.24) is 10.6 Å². The van der Waals surface area contributed by atoms with E-state index in [-0.39, 0.29) is 11.8 Å². The maximum Gasteiger partial charge on any atom is 0.258 e. The van der Waals surface area contributed by atoms with Crippen molar-refractivity contribution in [3.8, 4) is 58.5 Å². The Labute approximate surface area is 318 Å². The SMILES string of the molecule is O=C1NC(c2ccc(-c3ccc(-c4ccc(-c5cccs5)s4)s3)s2)=C2C(=O)NC(c3ccc(-c4ccc(-c5ccc(-c6cccs6)s5)s4)s3)=C12. The van der Waals surface area contributed by atoms with Crippen LogP contribution >= 0.6 is 90.7 Å². The van der Waals surface area contributed by atoms with E-state index in [4.69, 9.17) is 0 Å². The molecule has 2 aliphatic heterocycles. The molecule has 0 saturated heterocycles. The number of hydrogen-bond acceptors (Lipinski definition) is 10. The first-order valence-electron chi connectivity index (χ1n) is 15.4. The van der Waals surface area contributed by atoms with Crippen LogP contribution in [0.25, 0.3) is 69.9 Å². The molecular formula is C38H20N2O2S8. The van der Waals surface area contributed by atoms with Gasteiger partial charge in [0, 0.05) is 58.5 Å². The summed E-state index contributed by atoms with van der Waals surface area (Å²) in [5, 5.41) is 10.3. The monoisotopic (exact) mass is 792 g/mol. The third-order valence-corrected chi connectivity index (χ3v) is 17.8. The molecule has 4 nitrogen and oxygen atoms in total. The van der Waals surface area contributed by atoms with Crippen LogP contribution in [-0.2, 0) is 9.59 Å². The number of amides is 2. The average Bonchev–Trinajstić information content (AvgIpc) is 3.99. The molecule has 2 aliphatic rings. The normalized spacial score (nSPS) is 14.2. The zero-order chi connectivity index (χ0) is 33.3. The topological polar surface area (TPSA) is 58.2 Å². The molecule has 10 heterocycles. The highest BCUT2D eigenvalue weighted by atomic mass is 32.1. The number of rotatable bonds is 8. The van der Waals surface area contributed by atoms with Gasteiger partial charge in [-0.05, 0) is 95.7 Å². The second-order valence-corrected chi connectivity index (χ2v) is 19.7. The second kappa shape index (κ2) is 12.4. The van der Waals surface area contributed by atoms with Gasteiger partial charge in [0.05, 0.1) is 32.3 Å². The Morgan fingerprint density at radius 3 is 0.860 bits per heavy atom. The van der Waals surface area contributed by atoms with Crippen LogP contribution in [-0.4, -0.2) is 11.8 Å². The zero-order valence-corrected chi connectivity index (χ0v) is 32.0. The lowest BCUT2D eigenvalue weighted by molar-refractivity contribution is -0.117. The molecule has 8 aromatic rings. The van der Waals surface area contributed by atoms with E-state index in [1.807, 2.05) is 34.8 Å². The zero-order valence-electron chi connectivity index (χ0n) is 25.5. The third kappa shape index (κ3) is 5.30. The first kappa shape index (κ1) is 30.8. The van der Waals surface area contributed by atoms with Gasteiger partial charge in [0.25, 0.3) is 11.8 Å². The summed E-state index contributed by atoms with van der Waals surface area (Å²) in [5.74, 6) is -0.493. The summed E-state index contributed by atoms with van der Waals surface area (Å²) in [7, 11) is 0. The molecule has 50 heavy (non-hydrogen) atoms. The molecule has 242 valence electrons. The summed E-state index contributed by atoms with van der Waals surface area (Å²) < 4.78 is 0. The summed E-state index contributed by atoms with van der Waals surface area (Å²) >= 11 is 13.8. The number of hydrogen-bond donors (Lipinski definition) is 2. The van der Waals surface area contributed by atoms with Gasteiger partial charge in [-0.15, -0.1) is 90.7 Å². The lowest BCUT2D eigenvalue weighted by Gasteiger charge is -2.04. The van der Waals surface area contributed by atoms with Crippen molar-refractivity contribution in [1.29, 1.82) is 0 Å². The standard InChI is InChI=1S/C38H20N2O2S8/c41-37-33-34(36(40-37)32-16-14-30(50-32)28-12-10-26(48-28)24-8-6-22(46-24)20-4-2-18-44-20)38(42)39-35(33)31-15-13-29(49-31)27-11-9-25(47-27)23-7-5-21(45-23)19-3-1-17-43-19/h1-18H,(H,39,42)(H,40,41). The van der Waals surface area contributed by atoms with E-state index in [1.54, 1.807) is 68.0 Å². The Kier molecular flexibility index (Phi) is 7.62. The Hall–Kier alpha value is -3.98. The van der Waals surface area contributed by atoms with Crippen LogP contribution in [0.5, 0.6) is 0 Å². The average molecular weight is 793 g/mol. The predicted octanol–water partition coefficient (Wildman–Crippen LogP) is 12.6. The fourth-order valence-electron chi connectivity index (χ4n) is 6.01. The Balaban J connectivity index is 0.913. The van der Waals surface area contributed by atoms with Gasteiger partial charge < -0.3 is 10.6 Å². The number of carbonyl (C=O) groups is 2. The van der Waals surface area contributed by atoms with E-state index in [0.29, 0.717) is 22.5 Å². The molecule has 0 radical (unpaired) electrons. The quantitative estimate of drug-likeness (QED) is 0.161. The van der Waals surface area contributed by atoms with E-state index in [9.17, 15) is 9.59 Å². The maximum atomic E-state index is 13.4. The fraction of sp³-hybridized carbons (Fsp3) is 0. The van der Waals surface area contributed by atoms with Crippen LogP contribution in [0.15, 0.2) is 119 Å². The lowest BCUT2D eigenvalue weighted by atomic mass is 10.1. The van der Waals surface area contributed by atoms with Crippen molar-refractivity contribution < 1.29 is 9.59 Å². The van der Waals surface area contributed by atoms with E-state index in [0.717, 1.165) is 29.3 Å². The van der Waals surface area contributed by atoms with Gasteiger partial charge in [0.15, 0.2) is 0 Å². The molecule has 10 rings (SSSR count). The molecule has 2 amide bonds. The molecule has 0 atom stereocenters. The molecule has 0 fully saturated rings. The van der Waals surface area contributed by atoms with Gasteiger partial charge in [-0.3, -0.25) is 9.59 Å². The molecule has 8 aromatic heterocycles. The van der Waals surface area contributed by atoms with Gasteiger partial charge in [-0.1, -0.05) is 12.1 Å². The van der Waals surface area contributed by atoms with Crippen molar-refractivity contribution in [2.75, 3.05) is 0 Å². The van der Waals surface area contributed by atoms with Crippen molar-refractivity contribution >= 4 is 114 Å². The molecule has 0 bridgehead atoms. The van der Waals surface area contributed by atoms with Gasteiger partial charge in [0.1, 0.15) is 0 Å². The van der Waals surface area contributed by atoms with Crippen LogP contribution < -0.4 is 10.6 Å². The summed E-state index contributed by atoms with van der Waals surface area (Å²) in [6.07, 6.45) is 0. The van der Waals surface area contributed by atoms with Gasteiger partial charge in [-0.2, -0.15) is 0 Å². The Morgan fingerprint density at radius 1 is 0.320 bits per heavy atom. The van der Waals surface area contributed by atoms with Crippen LogP contribution in [0.3, 0.4) is 0 Å². The maximum absolute atomic E-state index is 13.4. The van der Waals surface area contributed by atoms with Crippen molar-refractivity contribution in [2.45, 2.75) is 0 Å². The molecule has 0 aliphatic carbocycles. The minimum Gasteiger partial charge on any atom is -0.320 e. The second-order valence-electron chi connectivity index (χ2n) is 11.3. The Bertz CT molecular complexity index is 2460. The van der Waals surface area contributed by atoms with Crippen molar-refractivity contribution in [3.05, 3.63) is 129 Å². The first-order valence-corrected chi connectivity index (χ1v) is 22.0. The number of carbonyl (C=O) groups excluding carboxylic acids is 2. The molecule has 0 spiro atoms. The third-order valence-electron chi connectivity index (χ3n) is 8.31. The van der Waals surface area contributed by atoms with Crippen LogP contribution in [0.2, 0.25) is 0 Å². The smallest absolute Gasteiger partial charge is 0.258 e. The summed E-state index contributed by atoms with van der Waals surface area (Å²) in [6.45, 7) is 0. The summed E-state index contributed by atoms with van der Waals surface area (Å²) in [6, 6.07) is 34.1. The van der Waals surface area contributed by atoms with Crippen LogP contribution in [0, 0.1) is 0 Å². The van der Waals surface area contributed by atoms with Gasteiger partial charge in [-0.25, -0.2) is 0 Å². The van der Waals surface area contributed by atoms with E-state index >= 15 is 0 Å². The van der Waals surface area contributed by atoms with E-state index < -0.39 is 0 Å². The molecule has 2 N–H and O–H groups in total. The molecule has 12 heteroatoms. The van der Waals surface area contributed by atoms with Crippen molar-refractivity contribution in [2.24, 2.45) is 0 Å². The predicted molar refractivity (Wildman–Crippen MR) is 219 cm³/mol. The van der Waals surface area contributed by atoms with Gasteiger partial charge in [0.2, 0.25) is 0 Å². The lowest BCUT2D eigenvalue weighted by Crippen LogP contribution is -2.20. The Morgan fingerprint density at radius 2 is 0.580 bits per heavy atom. The number of thiophene rings is 8. The summed E-state index contributed by atoms with van der Waals surface area (Å²) in [4.78, 5) is 43.2. The molecule has 0 saturated carbocycles. The summed E-state index contributed by atoms with van der Waals surface area (Å²) in [5.41, 5.74) is 2.03. The molecule has 0 aromatic carbocycles. The fourth-order valence-corrected chi connectivity index (χ4v) is 14.1. The van der Waals surface area contributed by atoms with E-state index in [1.165, 1.54) is 39.0 Å². The van der Waals surface area contributed by atoms with Crippen LogP contribution in [0.1, 0.15) is 9.75 Å². The van der Waals surface area contributed by atoms with Crippen molar-refractivity contribution in [3.63, 3.8) is 0 Å². The highest BCUT2D eigenvalue weighted by Gasteiger charge is 2.41. The first-order chi connectivity index (χ1) is 24.6. The molecule has 0 unspecified atom stereocenters. The largest absolute Gasteiger partial charge is 0.320 e. The van der Waals surface area contributed by atoms with Gasteiger partial charge >= 0.3 is 0 Å². The molecular weight excluding hydrogens is 773 g/mol.